The number of aliphatic imine (C=N–C) groups is 2. The number of Topliss-reactive ketones (excluding diaryl/α,β-unsaturated/α-hetero) is 1. The lowest BCUT2D eigenvalue weighted by Crippen LogP contribution is -2.51. The second-order valence-corrected chi connectivity index (χ2v) is 7.52. The van der Waals surface area contributed by atoms with Gasteiger partial charge in [-0.25, -0.2) is 9.98 Å². The summed E-state index contributed by atoms with van der Waals surface area (Å²) < 4.78 is 19.3. The van der Waals surface area contributed by atoms with E-state index in [2.05, 4.69) is 15.0 Å². The van der Waals surface area contributed by atoms with Crippen molar-refractivity contribution in [3.8, 4) is 11.6 Å². The first-order chi connectivity index (χ1) is 13.4. The van der Waals surface area contributed by atoms with Crippen molar-refractivity contribution in [2.75, 3.05) is 0 Å². The summed E-state index contributed by atoms with van der Waals surface area (Å²) >= 11 is 0. The molecule has 2 N–H and O–H groups in total. The summed E-state index contributed by atoms with van der Waals surface area (Å²) in [7, 11) is 0. The molecule has 0 bridgehead atoms. The third-order valence-corrected chi connectivity index (χ3v) is 5.39. The molecule has 7 heteroatoms. The van der Waals surface area contributed by atoms with E-state index in [0.717, 1.165) is 5.56 Å². The molecule has 1 saturated carbocycles. The molecule has 4 rings (SSSR count). The van der Waals surface area contributed by atoms with Crippen LogP contribution in [0.1, 0.15) is 38.2 Å². The molecule has 0 radical (unpaired) electrons. The van der Waals surface area contributed by atoms with Crippen LogP contribution >= 0.6 is 0 Å². The van der Waals surface area contributed by atoms with Crippen LogP contribution in [0.2, 0.25) is 0 Å². The topological polar surface area (TPSA) is 89.9 Å². The minimum atomic E-state index is -0.639. The lowest BCUT2D eigenvalue weighted by molar-refractivity contribution is -0.124. The quantitative estimate of drug-likeness (QED) is 0.824. The third-order valence-electron chi connectivity index (χ3n) is 5.39. The number of hydrogen-bond donors (Lipinski definition) is 1. The highest BCUT2D eigenvalue weighted by atomic mass is 19.1. The predicted octanol–water partition coefficient (Wildman–Crippen LogP) is 3.62. The van der Waals surface area contributed by atoms with E-state index in [1.54, 1.807) is 12.1 Å². The molecule has 3 unspecified atom stereocenters. The number of nitrogens with zero attached hydrogens (tertiary/aromatic N) is 3. The first-order valence-electron chi connectivity index (χ1n) is 9.18. The van der Waals surface area contributed by atoms with E-state index in [0.29, 0.717) is 24.3 Å². The molecule has 0 amide bonds. The SMILES string of the molecule is CC1=NC(N)=NC2(C)CC(c3ccccc3Oc3cccc(F)n3)CC(=O)C12. The summed E-state index contributed by atoms with van der Waals surface area (Å²) in [6.07, 6.45) is 0.993. The van der Waals surface area contributed by atoms with Crippen LogP contribution in [0.4, 0.5) is 4.39 Å². The number of ketones is 1. The molecule has 1 aromatic carbocycles. The van der Waals surface area contributed by atoms with Gasteiger partial charge in [-0.3, -0.25) is 4.79 Å². The predicted molar refractivity (Wildman–Crippen MR) is 104 cm³/mol. The van der Waals surface area contributed by atoms with Gasteiger partial charge in [0.1, 0.15) is 11.5 Å². The molecule has 0 saturated heterocycles. The van der Waals surface area contributed by atoms with Gasteiger partial charge in [0.15, 0.2) is 0 Å². The molecule has 144 valence electrons. The van der Waals surface area contributed by atoms with Crippen LogP contribution in [-0.2, 0) is 4.79 Å². The smallest absolute Gasteiger partial charge is 0.221 e. The van der Waals surface area contributed by atoms with Crippen molar-refractivity contribution in [2.45, 2.75) is 38.1 Å². The molecule has 2 heterocycles. The zero-order valence-electron chi connectivity index (χ0n) is 15.7. The molecule has 28 heavy (non-hydrogen) atoms. The molecule has 1 aromatic heterocycles. The lowest BCUT2D eigenvalue weighted by atomic mass is 9.65. The number of ether oxygens (including phenoxy) is 1. The van der Waals surface area contributed by atoms with E-state index in [-0.39, 0.29) is 29.5 Å². The Hall–Kier alpha value is -3.09. The summed E-state index contributed by atoms with van der Waals surface area (Å²) in [5.41, 5.74) is 6.82. The maximum atomic E-state index is 13.4. The highest BCUT2D eigenvalue weighted by Gasteiger charge is 2.49. The first kappa shape index (κ1) is 18.3. The van der Waals surface area contributed by atoms with Gasteiger partial charge in [-0.15, -0.1) is 0 Å². The average Bonchev–Trinajstić information content (AvgIpc) is 2.60. The number of rotatable bonds is 3. The zero-order chi connectivity index (χ0) is 19.9. The fourth-order valence-electron chi connectivity index (χ4n) is 4.41. The van der Waals surface area contributed by atoms with Crippen molar-refractivity contribution >= 4 is 17.5 Å². The molecule has 1 fully saturated rings. The van der Waals surface area contributed by atoms with Gasteiger partial charge in [0.05, 0.1) is 11.5 Å². The van der Waals surface area contributed by atoms with Gasteiger partial charge < -0.3 is 10.5 Å². The van der Waals surface area contributed by atoms with Crippen LogP contribution in [0.5, 0.6) is 11.6 Å². The Bertz CT molecular complexity index is 1000. The fraction of sp³-hybridized carbons (Fsp3) is 0.333. The Kier molecular flexibility index (Phi) is 4.45. The number of aromatic nitrogens is 1. The number of carbonyl (C=O) groups excluding carboxylic acids is 1. The molecule has 0 spiro atoms. The van der Waals surface area contributed by atoms with E-state index in [1.165, 1.54) is 12.1 Å². The molecule has 3 atom stereocenters. The average molecular weight is 380 g/mol. The number of pyridine rings is 1. The Labute approximate surface area is 162 Å². The molecule has 6 nitrogen and oxygen atoms in total. The van der Waals surface area contributed by atoms with Gasteiger partial charge in [0, 0.05) is 18.2 Å². The van der Waals surface area contributed by atoms with Crippen LogP contribution in [0.3, 0.4) is 0 Å². The Balaban J connectivity index is 1.67. The van der Waals surface area contributed by atoms with Crippen LogP contribution in [-0.4, -0.2) is 28.0 Å². The van der Waals surface area contributed by atoms with Crippen molar-refractivity contribution in [3.05, 3.63) is 54.0 Å². The summed E-state index contributed by atoms with van der Waals surface area (Å²) in [4.78, 5) is 25.4. The third kappa shape index (κ3) is 3.28. The summed E-state index contributed by atoms with van der Waals surface area (Å²) in [6.45, 7) is 3.78. The fourth-order valence-corrected chi connectivity index (χ4v) is 4.41. The Morgan fingerprint density at radius 3 is 2.79 bits per heavy atom. The molecular formula is C21H21FN4O2. The molecule has 1 aliphatic carbocycles. The summed E-state index contributed by atoms with van der Waals surface area (Å²) in [6, 6.07) is 11.8. The van der Waals surface area contributed by atoms with Gasteiger partial charge in [-0.1, -0.05) is 24.3 Å². The Morgan fingerprint density at radius 1 is 1.21 bits per heavy atom. The maximum Gasteiger partial charge on any atom is 0.221 e. The summed E-state index contributed by atoms with van der Waals surface area (Å²) in [5.74, 6) is -0.0387. The minimum absolute atomic E-state index is 0.0925. The molecule has 1 aliphatic heterocycles. The standard InChI is InChI=1S/C21H21FN4O2/c1-12-19-15(27)10-13(11-21(19,2)26-20(23)24-12)14-6-3-4-7-16(14)28-18-9-5-8-17(22)25-18/h3-9,13,19H,10-11H2,1-2H3,(H2,23,26). The number of para-hydroxylation sites is 1. The number of guanidine groups is 1. The van der Waals surface area contributed by atoms with Crippen molar-refractivity contribution < 1.29 is 13.9 Å². The van der Waals surface area contributed by atoms with Gasteiger partial charge >= 0.3 is 0 Å². The highest BCUT2D eigenvalue weighted by molar-refractivity contribution is 6.11. The number of benzene rings is 1. The molecule has 2 aromatic rings. The zero-order valence-corrected chi connectivity index (χ0v) is 15.7. The number of halogens is 1. The van der Waals surface area contributed by atoms with E-state index in [1.807, 2.05) is 32.0 Å². The van der Waals surface area contributed by atoms with E-state index < -0.39 is 11.5 Å². The first-order valence-corrected chi connectivity index (χ1v) is 9.18. The van der Waals surface area contributed by atoms with Crippen LogP contribution in [0.15, 0.2) is 52.4 Å². The second kappa shape index (κ2) is 6.82. The second-order valence-electron chi connectivity index (χ2n) is 7.52. The van der Waals surface area contributed by atoms with Crippen LogP contribution in [0.25, 0.3) is 0 Å². The van der Waals surface area contributed by atoms with Gasteiger partial charge in [0.2, 0.25) is 17.8 Å². The van der Waals surface area contributed by atoms with Crippen molar-refractivity contribution in [3.63, 3.8) is 0 Å². The van der Waals surface area contributed by atoms with E-state index in [9.17, 15) is 9.18 Å². The minimum Gasteiger partial charge on any atom is -0.439 e. The normalized spacial score (nSPS) is 26.9. The Morgan fingerprint density at radius 2 is 2.00 bits per heavy atom. The molecule has 2 aliphatic rings. The maximum absolute atomic E-state index is 13.4. The van der Waals surface area contributed by atoms with E-state index in [4.69, 9.17) is 10.5 Å². The van der Waals surface area contributed by atoms with Crippen molar-refractivity contribution in [1.29, 1.82) is 0 Å². The van der Waals surface area contributed by atoms with Gasteiger partial charge in [-0.2, -0.15) is 9.37 Å². The number of carbonyl (C=O) groups is 1. The number of nitrogens with two attached hydrogens (primary N) is 1. The largest absolute Gasteiger partial charge is 0.439 e. The molecular weight excluding hydrogens is 359 g/mol. The number of fused-ring (bicyclic) bond motifs is 1. The van der Waals surface area contributed by atoms with Gasteiger partial charge in [0.25, 0.3) is 0 Å². The van der Waals surface area contributed by atoms with Gasteiger partial charge in [-0.05, 0) is 43.9 Å². The summed E-state index contributed by atoms with van der Waals surface area (Å²) in [5, 5.41) is 0. The number of hydrogen-bond acceptors (Lipinski definition) is 6. The van der Waals surface area contributed by atoms with E-state index >= 15 is 0 Å². The van der Waals surface area contributed by atoms with Crippen LogP contribution in [0, 0.1) is 11.9 Å². The monoisotopic (exact) mass is 380 g/mol. The lowest BCUT2D eigenvalue weighted by Gasteiger charge is -2.43. The van der Waals surface area contributed by atoms with Crippen LogP contribution < -0.4 is 10.5 Å². The van der Waals surface area contributed by atoms with Crippen molar-refractivity contribution in [1.82, 2.24) is 4.98 Å². The van der Waals surface area contributed by atoms with Crippen molar-refractivity contribution in [2.24, 2.45) is 21.6 Å². The highest BCUT2D eigenvalue weighted by Crippen LogP contribution is 2.46.